The summed E-state index contributed by atoms with van der Waals surface area (Å²) >= 11 is 1.29. The van der Waals surface area contributed by atoms with Crippen LogP contribution in [-0.4, -0.2) is 16.7 Å². The molecule has 2 amide bonds. The summed E-state index contributed by atoms with van der Waals surface area (Å²) in [6.45, 7) is 5.34. The van der Waals surface area contributed by atoms with Gasteiger partial charge in [0, 0.05) is 22.1 Å². The van der Waals surface area contributed by atoms with Crippen molar-refractivity contribution in [3.63, 3.8) is 0 Å². The van der Waals surface area contributed by atoms with Crippen LogP contribution in [0.1, 0.15) is 43.6 Å². The van der Waals surface area contributed by atoms with E-state index in [-0.39, 0.29) is 11.3 Å². The number of aryl methyl sites for hydroxylation is 2. The lowest BCUT2D eigenvalue weighted by molar-refractivity contribution is -0.385. The number of hydrogen-bond acceptors (Lipinski definition) is 5. The number of amides is 2. The molecule has 1 aromatic carbocycles. The first-order valence-electron chi connectivity index (χ1n) is 7.24. The summed E-state index contributed by atoms with van der Waals surface area (Å²) < 4.78 is 0. The van der Waals surface area contributed by atoms with Gasteiger partial charge in [0.15, 0.2) is 0 Å². The average Bonchev–Trinajstić information content (AvgIpc) is 2.82. The number of thiophene rings is 1. The lowest BCUT2D eigenvalue weighted by Crippen LogP contribution is -2.18. The predicted octanol–water partition coefficient (Wildman–Crippen LogP) is 3.19. The molecule has 2 rings (SSSR count). The fourth-order valence-corrected chi connectivity index (χ4v) is 3.68. The van der Waals surface area contributed by atoms with Crippen LogP contribution in [0.4, 0.5) is 10.7 Å². The number of nitro groups is 1. The minimum atomic E-state index is -0.591. The van der Waals surface area contributed by atoms with Crippen molar-refractivity contribution in [2.75, 3.05) is 5.32 Å². The number of rotatable bonds is 5. The van der Waals surface area contributed by atoms with E-state index in [4.69, 9.17) is 5.73 Å². The van der Waals surface area contributed by atoms with Crippen LogP contribution in [0.2, 0.25) is 0 Å². The number of anilines is 1. The van der Waals surface area contributed by atoms with Gasteiger partial charge < -0.3 is 11.1 Å². The van der Waals surface area contributed by atoms with Crippen molar-refractivity contribution in [1.82, 2.24) is 0 Å². The molecule has 1 heterocycles. The van der Waals surface area contributed by atoms with Crippen LogP contribution in [0.5, 0.6) is 0 Å². The van der Waals surface area contributed by atoms with Crippen molar-refractivity contribution in [1.29, 1.82) is 0 Å². The summed E-state index contributed by atoms with van der Waals surface area (Å²) in [4.78, 5) is 35.4. The highest BCUT2D eigenvalue weighted by molar-refractivity contribution is 7.16. The molecule has 0 spiro atoms. The lowest BCUT2D eigenvalue weighted by atomic mass is 10.1. The average molecular weight is 347 g/mol. The normalized spacial score (nSPS) is 10.5. The van der Waals surface area contributed by atoms with Crippen LogP contribution in [0, 0.1) is 24.0 Å². The van der Waals surface area contributed by atoms with E-state index in [0.29, 0.717) is 22.5 Å². The second-order valence-corrected chi connectivity index (χ2v) is 6.50. The Morgan fingerprint density at radius 2 is 2.00 bits per heavy atom. The highest BCUT2D eigenvalue weighted by atomic mass is 32.1. The van der Waals surface area contributed by atoms with Gasteiger partial charge in [-0.05, 0) is 38.0 Å². The first kappa shape index (κ1) is 17.6. The van der Waals surface area contributed by atoms with Crippen molar-refractivity contribution >= 4 is 33.8 Å². The minimum absolute atomic E-state index is 0.0513. The van der Waals surface area contributed by atoms with Gasteiger partial charge in [-0.3, -0.25) is 19.7 Å². The van der Waals surface area contributed by atoms with Crippen LogP contribution in [0.15, 0.2) is 18.2 Å². The molecular formula is C16H17N3O4S. The van der Waals surface area contributed by atoms with Gasteiger partial charge in [-0.15, -0.1) is 11.3 Å². The number of hydrogen-bond donors (Lipinski definition) is 2. The maximum absolute atomic E-state index is 12.4. The van der Waals surface area contributed by atoms with E-state index in [0.717, 1.165) is 10.4 Å². The Balaban J connectivity index is 2.35. The third-order valence-corrected chi connectivity index (χ3v) is 4.75. The summed E-state index contributed by atoms with van der Waals surface area (Å²) in [6.07, 6.45) is 0.632. The SMILES string of the molecule is CCc1c(C)sc(NC(=O)c2ccc([N+](=O)[O-])c(C)c2)c1C(N)=O. The van der Waals surface area contributed by atoms with Gasteiger partial charge in [0.25, 0.3) is 17.5 Å². The Morgan fingerprint density at radius 3 is 2.50 bits per heavy atom. The highest BCUT2D eigenvalue weighted by Gasteiger charge is 2.21. The first-order valence-corrected chi connectivity index (χ1v) is 8.06. The summed E-state index contributed by atoms with van der Waals surface area (Å²) in [7, 11) is 0. The predicted molar refractivity (Wildman–Crippen MR) is 92.7 cm³/mol. The topological polar surface area (TPSA) is 115 Å². The molecule has 24 heavy (non-hydrogen) atoms. The number of benzene rings is 1. The molecule has 0 unspecified atom stereocenters. The summed E-state index contributed by atoms with van der Waals surface area (Å²) in [5, 5.41) is 13.9. The molecule has 3 N–H and O–H groups in total. The van der Waals surface area contributed by atoms with Crippen LogP contribution >= 0.6 is 11.3 Å². The molecule has 7 nitrogen and oxygen atoms in total. The number of carbonyl (C=O) groups is 2. The van der Waals surface area contributed by atoms with E-state index in [1.54, 1.807) is 6.92 Å². The molecule has 0 aliphatic carbocycles. The zero-order valence-corrected chi connectivity index (χ0v) is 14.3. The first-order chi connectivity index (χ1) is 11.3. The van der Waals surface area contributed by atoms with Crippen LogP contribution in [-0.2, 0) is 6.42 Å². The standard InChI is InChI=1S/C16H17N3O4S/c1-4-11-9(3)24-16(13(11)14(17)20)18-15(21)10-5-6-12(19(22)23)8(2)7-10/h5-7H,4H2,1-3H3,(H2,17,20)(H,18,21). The van der Waals surface area contributed by atoms with E-state index in [1.165, 1.54) is 29.5 Å². The van der Waals surface area contributed by atoms with E-state index in [9.17, 15) is 19.7 Å². The van der Waals surface area contributed by atoms with Crippen molar-refractivity contribution in [3.8, 4) is 0 Å². The van der Waals surface area contributed by atoms with Crippen LogP contribution < -0.4 is 11.1 Å². The third kappa shape index (κ3) is 3.28. The second-order valence-electron chi connectivity index (χ2n) is 5.27. The molecule has 0 aliphatic heterocycles. The molecule has 0 aliphatic rings. The minimum Gasteiger partial charge on any atom is -0.365 e. The summed E-state index contributed by atoms with van der Waals surface area (Å²) in [6, 6.07) is 4.11. The quantitative estimate of drug-likeness (QED) is 0.638. The van der Waals surface area contributed by atoms with E-state index in [1.807, 2.05) is 13.8 Å². The molecule has 1 aromatic heterocycles. The summed E-state index contributed by atoms with van der Waals surface area (Å²) in [5.41, 5.74) is 7.20. The lowest BCUT2D eigenvalue weighted by Gasteiger charge is -2.07. The molecule has 0 radical (unpaired) electrons. The van der Waals surface area contributed by atoms with Crippen molar-refractivity contribution in [3.05, 3.63) is 55.4 Å². The summed E-state index contributed by atoms with van der Waals surface area (Å²) in [5.74, 6) is -1.04. The van der Waals surface area contributed by atoms with E-state index < -0.39 is 16.7 Å². The van der Waals surface area contributed by atoms with E-state index >= 15 is 0 Å². The Bertz CT molecular complexity index is 842. The van der Waals surface area contributed by atoms with E-state index in [2.05, 4.69) is 5.32 Å². The number of nitrogens with zero attached hydrogens (tertiary/aromatic N) is 1. The molecule has 126 valence electrons. The van der Waals surface area contributed by atoms with Gasteiger partial charge in [0.1, 0.15) is 5.00 Å². The monoisotopic (exact) mass is 347 g/mol. The van der Waals surface area contributed by atoms with Gasteiger partial charge in [0.05, 0.1) is 10.5 Å². The van der Waals surface area contributed by atoms with Crippen molar-refractivity contribution in [2.24, 2.45) is 5.73 Å². The zero-order chi connectivity index (χ0) is 18.0. The molecule has 0 bridgehead atoms. The smallest absolute Gasteiger partial charge is 0.272 e. The number of nitrogens with two attached hydrogens (primary N) is 1. The maximum Gasteiger partial charge on any atom is 0.272 e. The molecule has 0 fully saturated rings. The van der Waals surface area contributed by atoms with Crippen molar-refractivity contribution in [2.45, 2.75) is 27.2 Å². The molecular weight excluding hydrogens is 330 g/mol. The molecule has 8 heteroatoms. The number of carbonyl (C=O) groups excluding carboxylic acids is 2. The largest absolute Gasteiger partial charge is 0.365 e. The second kappa shape index (κ2) is 6.79. The Morgan fingerprint density at radius 1 is 1.33 bits per heavy atom. The van der Waals surface area contributed by atoms with Crippen molar-refractivity contribution < 1.29 is 14.5 Å². The highest BCUT2D eigenvalue weighted by Crippen LogP contribution is 2.33. The fraction of sp³-hybridized carbons (Fsp3) is 0.250. The van der Waals surface area contributed by atoms with Gasteiger partial charge >= 0.3 is 0 Å². The zero-order valence-electron chi connectivity index (χ0n) is 13.5. The van der Waals surface area contributed by atoms with Gasteiger partial charge in [-0.1, -0.05) is 6.92 Å². The molecule has 0 saturated carbocycles. The number of nitro benzene ring substituents is 1. The van der Waals surface area contributed by atoms with Gasteiger partial charge in [0.2, 0.25) is 0 Å². The van der Waals surface area contributed by atoms with Gasteiger partial charge in [-0.25, -0.2) is 0 Å². The fourth-order valence-electron chi connectivity index (χ4n) is 2.53. The van der Waals surface area contributed by atoms with Crippen LogP contribution in [0.25, 0.3) is 0 Å². The Kier molecular flexibility index (Phi) is 4.99. The number of nitrogens with one attached hydrogen (secondary N) is 1. The molecule has 2 aromatic rings. The number of primary amides is 1. The third-order valence-electron chi connectivity index (χ3n) is 3.69. The molecule has 0 saturated heterocycles. The maximum atomic E-state index is 12.4. The van der Waals surface area contributed by atoms with Crippen LogP contribution in [0.3, 0.4) is 0 Å². The Labute approximate surface area is 142 Å². The van der Waals surface area contributed by atoms with Gasteiger partial charge in [-0.2, -0.15) is 0 Å². The molecule has 0 atom stereocenters. The Hall–Kier alpha value is -2.74.